The van der Waals surface area contributed by atoms with Crippen molar-refractivity contribution in [2.24, 2.45) is 5.41 Å². The minimum absolute atomic E-state index is 0.151. The number of anilines is 1. The number of piperidine rings is 1. The molecule has 1 aliphatic rings. The highest BCUT2D eigenvalue weighted by atomic mass is 16.5. The molecule has 6 nitrogen and oxygen atoms in total. The van der Waals surface area contributed by atoms with Crippen molar-refractivity contribution in [3.63, 3.8) is 0 Å². The number of fused-ring (bicyclic) bond motifs is 1. The van der Waals surface area contributed by atoms with Crippen LogP contribution in [0, 0.1) is 12.3 Å². The summed E-state index contributed by atoms with van der Waals surface area (Å²) in [6.45, 7) is 12.2. The van der Waals surface area contributed by atoms with Gasteiger partial charge in [-0.3, -0.25) is 9.78 Å². The van der Waals surface area contributed by atoms with Crippen molar-refractivity contribution in [2.45, 2.75) is 60.0 Å². The molecule has 0 saturated carbocycles. The van der Waals surface area contributed by atoms with Crippen LogP contribution in [0.3, 0.4) is 0 Å². The quantitative estimate of drug-likeness (QED) is 0.521. The van der Waals surface area contributed by atoms with Crippen LogP contribution in [0.5, 0.6) is 0 Å². The third kappa shape index (κ3) is 4.74. The zero-order chi connectivity index (χ0) is 22.9. The Morgan fingerprint density at radius 2 is 1.84 bits per heavy atom. The molecule has 3 aromatic rings. The molecule has 6 heteroatoms. The number of rotatable bonds is 5. The van der Waals surface area contributed by atoms with E-state index in [1.807, 2.05) is 57.4 Å². The standard InChI is InChI=1S/C26H32N4O2/c1-17(2)32-23(31)14-20-18(3)27-16-21(24(20)30-12-10-26(4,5)11-13-30)25-28-15-19-8-6-7-9-22(19)29-25/h6-9,15-17H,10-14H2,1-5H3. The lowest BCUT2D eigenvalue weighted by Gasteiger charge is -2.39. The van der Waals surface area contributed by atoms with Crippen molar-refractivity contribution in [3.05, 3.63) is 47.9 Å². The molecule has 0 bridgehead atoms. The molecule has 0 atom stereocenters. The van der Waals surface area contributed by atoms with E-state index in [4.69, 9.17) is 9.72 Å². The number of hydrogen-bond acceptors (Lipinski definition) is 6. The Labute approximate surface area is 190 Å². The van der Waals surface area contributed by atoms with Crippen LogP contribution in [0.1, 0.15) is 51.8 Å². The zero-order valence-electron chi connectivity index (χ0n) is 19.7. The maximum atomic E-state index is 12.6. The van der Waals surface area contributed by atoms with Gasteiger partial charge in [0, 0.05) is 42.1 Å². The molecule has 0 amide bonds. The normalized spacial score (nSPS) is 15.9. The molecule has 0 radical (unpaired) electrons. The number of aromatic nitrogens is 3. The number of pyridine rings is 1. The topological polar surface area (TPSA) is 68.2 Å². The lowest BCUT2D eigenvalue weighted by molar-refractivity contribution is -0.146. The molecular weight excluding hydrogens is 400 g/mol. The minimum atomic E-state index is -0.236. The number of carbonyl (C=O) groups is 1. The molecule has 0 aliphatic carbocycles. The molecule has 0 spiro atoms. The number of hydrogen-bond donors (Lipinski definition) is 0. The van der Waals surface area contributed by atoms with Gasteiger partial charge in [-0.25, -0.2) is 9.97 Å². The number of esters is 1. The highest BCUT2D eigenvalue weighted by Gasteiger charge is 2.30. The van der Waals surface area contributed by atoms with E-state index >= 15 is 0 Å². The van der Waals surface area contributed by atoms with Crippen molar-refractivity contribution < 1.29 is 9.53 Å². The van der Waals surface area contributed by atoms with Crippen molar-refractivity contribution in [1.29, 1.82) is 0 Å². The monoisotopic (exact) mass is 432 g/mol. The summed E-state index contributed by atoms with van der Waals surface area (Å²) in [4.78, 5) is 29.2. The summed E-state index contributed by atoms with van der Waals surface area (Å²) in [5.41, 5.74) is 4.84. The van der Waals surface area contributed by atoms with E-state index < -0.39 is 0 Å². The van der Waals surface area contributed by atoms with Gasteiger partial charge in [0.25, 0.3) is 0 Å². The molecule has 3 heterocycles. The van der Waals surface area contributed by atoms with Crippen LogP contribution in [0.25, 0.3) is 22.3 Å². The van der Waals surface area contributed by atoms with E-state index in [0.29, 0.717) is 11.2 Å². The Balaban J connectivity index is 1.83. The van der Waals surface area contributed by atoms with Gasteiger partial charge in [-0.15, -0.1) is 0 Å². The van der Waals surface area contributed by atoms with Gasteiger partial charge in [-0.05, 0) is 45.1 Å². The second kappa shape index (κ2) is 8.85. The third-order valence-electron chi connectivity index (χ3n) is 6.22. The predicted molar refractivity (Wildman–Crippen MR) is 128 cm³/mol. The van der Waals surface area contributed by atoms with Gasteiger partial charge in [0.2, 0.25) is 0 Å². The van der Waals surface area contributed by atoms with E-state index in [1.54, 1.807) is 0 Å². The first-order valence-corrected chi connectivity index (χ1v) is 11.4. The fourth-order valence-electron chi connectivity index (χ4n) is 4.26. The number of para-hydroxylation sites is 1. The largest absolute Gasteiger partial charge is 0.463 e. The van der Waals surface area contributed by atoms with E-state index in [-0.39, 0.29) is 18.5 Å². The van der Waals surface area contributed by atoms with Gasteiger partial charge in [-0.1, -0.05) is 32.0 Å². The smallest absolute Gasteiger partial charge is 0.310 e. The highest BCUT2D eigenvalue weighted by Crippen LogP contribution is 2.39. The molecule has 32 heavy (non-hydrogen) atoms. The van der Waals surface area contributed by atoms with Crippen LogP contribution in [-0.4, -0.2) is 40.1 Å². The number of nitrogens with zero attached hydrogens (tertiary/aromatic N) is 4. The first-order chi connectivity index (χ1) is 15.2. The molecule has 4 rings (SSSR count). The lowest BCUT2D eigenvalue weighted by Crippen LogP contribution is -2.38. The van der Waals surface area contributed by atoms with E-state index in [1.165, 1.54) is 0 Å². The predicted octanol–water partition coefficient (Wildman–Crippen LogP) is 5.12. The van der Waals surface area contributed by atoms with E-state index in [2.05, 4.69) is 28.7 Å². The molecule has 1 saturated heterocycles. The molecule has 1 aromatic carbocycles. The van der Waals surface area contributed by atoms with Gasteiger partial charge in [0.15, 0.2) is 5.82 Å². The lowest BCUT2D eigenvalue weighted by atomic mass is 9.82. The zero-order valence-corrected chi connectivity index (χ0v) is 19.7. The molecular formula is C26H32N4O2. The van der Waals surface area contributed by atoms with Crippen LogP contribution in [0.15, 0.2) is 36.7 Å². The molecule has 1 fully saturated rings. The van der Waals surface area contributed by atoms with Crippen molar-refractivity contribution in [1.82, 2.24) is 15.0 Å². The summed E-state index contributed by atoms with van der Waals surface area (Å²) in [5, 5.41) is 0.998. The third-order valence-corrected chi connectivity index (χ3v) is 6.22. The molecule has 168 valence electrons. The molecule has 2 aromatic heterocycles. The highest BCUT2D eigenvalue weighted by molar-refractivity contribution is 5.85. The first kappa shape index (κ1) is 22.2. The number of aryl methyl sites for hydroxylation is 1. The van der Waals surface area contributed by atoms with E-state index in [0.717, 1.165) is 59.3 Å². The Hall–Kier alpha value is -3.02. The Morgan fingerprint density at radius 3 is 2.56 bits per heavy atom. The van der Waals surface area contributed by atoms with Crippen molar-refractivity contribution >= 4 is 22.6 Å². The van der Waals surface area contributed by atoms with Crippen LogP contribution in [0.2, 0.25) is 0 Å². The van der Waals surface area contributed by atoms with Crippen LogP contribution in [-0.2, 0) is 16.0 Å². The number of ether oxygens (including phenoxy) is 1. The van der Waals surface area contributed by atoms with Gasteiger partial charge in [0.05, 0.1) is 29.3 Å². The van der Waals surface area contributed by atoms with Gasteiger partial charge < -0.3 is 9.64 Å². The average Bonchev–Trinajstić information content (AvgIpc) is 2.74. The van der Waals surface area contributed by atoms with Crippen molar-refractivity contribution in [2.75, 3.05) is 18.0 Å². The summed E-state index contributed by atoms with van der Waals surface area (Å²) in [7, 11) is 0. The SMILES string of the molecule is Cc1ncc(-c2ncc3ccccc3n2)c(N2CCC(C)(C)CC2)c1CC(=O)OC(C)C. The Morgan fingerprint density at radius 1 is 1.12 bits per heavy atom. The summed E-state index contributed by atoms with van der Waals surface area (Å²) < 4.78 is 5.47. The molecule has 1 aliphatic heterocycles. The number of benzene rings is 1. The molecule has 0 N–H and O–H groups in total. The summed E-state index contributed by atoms with van der Waals surface area (Å²) in [5.74, 6) is 0.398. The summed E-state index contributed by atoms with van der Waals surface area (Å²) in [6, 6.07) is 7.96. The van der Waals surface area contributed by atoms with Crippen molar-refractivity contribution in [3.8, 4) is 11.4 Å². The van der Waals surface area contributed by atoms with Crippen LogP contribution < -0.4 is 4.90 Å². The fourth-order valence-corrected chi connectivity index (χ4v) is 4.26. The second-order valence-electron chi connectivity index (χ2n) is 9.70. The first-order valence-electron chi connectivity index (χ1n) is 11.4. The maximum Gasteiger partial charge on any atom is 0.310 e. The fraction of sp³-hybridized carbons (Fsp3) is 0.462. The van der Waals surface area contributed by atoms with Gasteiger partial charge in [0.1, 0.15) is 0 Å². The van der Waals surface area contributed by atoms with Crippen LogP contribution >= 0.6 is 0 Å². The summed E-state index contributed by atoms with van der Waals surface area (Å²) >= 11 is 0. The summed E-state index contributed by atoms with van der Waals surface area (Å²) in [6.07, 6.45) is 5.92. The Bertz CT molecular complexity index is 1130. The van der Waals surface area contributed by atoms with Crippen LogP contribution in [0.4, 0.5) is 5.69 Å². The average molecular weight is 433 g/mol. The number of carbonyl (C=O) groups excluding carboxylic acids is 1. The minimum Gasteiger partial charge on any atom is -0.463 e. The molecule has 0 unspecified atom stereocenters. The maximum absolute atomic E-state index is 12.6. The van der Waals surface area contributed by atoms with Gasteiger partial charge >= 0.3 is 5.97 Å². The Kier molecular flexibility index (Phi) is 6.13. The van der Waals surface area contributed by atoms with E-state index in [9.17, 15) is 4.79 Å². The second-order valence-corrected chi connectivity index (χ2v) is 9.70. The van der Waals surface area contributed by atoms with Gasteiger partial charge in [-0.2, -0.15) is 0 Å².